The van der Waals surface area contributed by atoms with E-state index in [-0.39, 0.29) is 17.4 Å². The Hall–Kier alpha value is -6.13. The summed E-state index contributed by atoms with van der Waals surface area (Å²) in [7, 11) is 0. The topological polar surface area (TPSA) is 40.2 Å². The Bertz CT molecular complexity index is 2780. The molecular formula is C46H32N2O2. The maximum absolute atomic E-state index is 6.77. The lowest BCUT2D eigenvalue weighted by Gasteiger charge is -2.23. The average Bonchev–Trinajstić information content (AvgIpc) is 3.90. The van der Waals surface area contributed by atoms with E-state index in [0.717, 1.165) is 72.5 Å². The van der Waals surface area contributed by atoms with Crippen LogP contribution in [0.25, 0.3) is 72.3 Å². The molecule has 4 nitrogen and oxygen atoms in total. The first-order valence-corrected chi connectivity index (χ1v) is 17.4. The van der Waals surface area contributed by atoms with Crippen LogP contribution in [0, 0.1) is 0 Å². The van der Waals surface area contributed by atoms with Gasteiger partial charge in [-0.05, 0) is 76.4 Å². The Morgan fingerprint density at radius 2 is 1.42 bits per heavy atom. The number of hydrogen-bond donors (Lipinski definition) is 0. The van der Waals surface area contributed by atoms with E-state index in [1.165, 1.54) is 22.3 Å². The molecule has 2 aliphatic carbocycles. The van der Waals surface area contributed by atoms with Crippen molar-refractivity contribution in [2.24, 2.45) is 0 Å². The molecule has 3 aliphatic rings. The monoisotopic (exact) mass is 644 g/mol. The van der Waals surface area contributed by atoms with Crippen LogP contribution in [0.1, 0.15) is 36.5 Å². The van der Waals surface area contributed by atoms with Crippen molar-refractivity contribution in [3.05, 3.63) is 162 Å². The minimum atomic E-state index is -0.226. The van der Waals surface area contributed by atoms with Gasteiger partial charge in [0.25, 0.3) is 0 Å². The van der Waals surface area contributed by atoms with E-state index in [9.17, 15) is 0 Å². The van der Waals surface area contributed by atoms with Crippen LogP contribution in [0.2, 0.25) is 0 Å². The Morgan fingerprint density at radius 3 is 2.32 bits per heavy atom. The zero-order valence-corrected chi connectivity index (χ0v) is 27.7. The highest BCUT2D eigenvalue weighted by atomic mass is 16.5. The van der Waals surface area contributed by atoms with Gasteiger partial charge in [-0.3, -0.25) is 4.57 Å². The molecule has 4 heteroatoms. The molecule has 1 aliphatic heterocycles. The molecule has 238 valence electrons. The number of nitrogens with zero attached hydrogens (tertiary/aromatic N) is 2. The highest BCUT2D eigenvalue weighted by molar-refractivity contribution is 6.09. The van der Waals surface area contributed by atoms with Gasteiger partial charge in [-0.2, -0.15) is 0 Å². The number of benzene rings is 6. The van der Waals surface area contributed by atoms with Gasteiger partial charge in [0.05, 0.1) is 17.0 Å². The first-order valence-electron chi connectivity index (χ1n) is 17.4. The smallest absolute Gasteiger partial charge is 0.145 e. The van der Waals surface area contributed by atoms with E-state index in [4.69, 9.17) is 14.1 Å². The third kappa shape index (κ3) is 3.73. The van der Waals surface area contributed by atoms with Crippen molar-refractivity contribution in [3.63, 3.8) is 0 Å². The number of furan rings is 1. The molecule has 50 heavy (non-hydrogen) atoms. The summed E-state index contributed by atoms with van der Waals surface area (Å²) in [4.78, 5) is 5.10. The highest BCUT2D eigenvalue weighted by Crippen LogP contribution is 2.54. The molecule has 6 aromatic carbocycles. The number of fused-ring (bicyclic) bond motifs is 11. The van der Waals surface area contributed by atoms with Gasteiger partial charge in [0.2, 0.25) is 0 Å². The number of para-hydroxylation sites is 3. The van der Waals surface area contributed by atoms with E-state index >= 15 is 0 Å². The molecule has 11 rings (SSSR count). The lowest BCUT2D eigenvalue weighted by Crippen LogP contribution is -2.16. The summed E-state index contributed by atoms with van der Waals surface area (Å²) >= 11 is 0. The van der Waals surface area contributed by atoms with Crippen LogP contribution in [0.5, 0.6) is 5.75 Å². The van der Waals surface area contributed by atoms with Crippen LogP contribution in [-0.4, -0.2) is 15.7 Å². The fraction of sp³-hybridized carbons (Fsp3) is 0.109. The van der Waals surface area contributed by atoms with Crippen molar-refractivity contribution in [2.45, 2.75) is 31.3 Å². The minimum absolute atomic E-state index is 0.0406. The summed E-state index contributed by atoms with van der Waals surface area (Å²) in [6.45, 7) is 4.71. The molecule has 8 aromatic rings. The van der Waals surface area contributed by atoms with Crippen molar-refractivity contribution in [1.82, 2.24) is 9.55 Å². The maximum Gasteiger partial charge on any atom is 0.145 e. The molecule has 0 bridgehead atoms. The number of allylic oxidation sites excluding steroid dienone is 2. The number of imidazole rings is 1. The molecule has 2 unspecified atom stereocenters. The van der Waals surface area contributed by atoms with Gasteiger partial charge in [0.15, 0.2) is 0 Å². The molecule has 2 aromatic heterocycles. The third-order valence-electron chi connectivity index (χ3n) is 11.1. The summed E-state index contributed by atoms with van der Waals surface area (Å²) in [5, 5.41) is 2.27. The van der Waals surface area contributed by atoms with Gasteiger partial charge >= 0.3 is 0 Å². The second kappa shape index (κ2) is 9.96. The van der Waals surface area contributed by atoms with Crippen LogP contribution in [0.3, 0.4) is 0 Å². The van der Waals surface area contributed by atoms with Crippen LogP contribution < -0.4 is 4.74 Å². The molecule has 0 radical (unpaired) electrons. The summed E-state index contributed by atoms with van der Waals surface area (Å²) < 4.78 is 15.6. The Labute approximate surface area is 289 Å². The average molecular weight is 645 g/mol. The van der Waals surface area contributed by atoms with Crippen LogP contribution in [0.15, 0.2) is 150 Å². The van der Waals surface area contributed by atoms with Crippen molar-refractivity contribution in [3.8, 4) is 45.1 Å². The SMILES string of the molecule is CC1(C)c2cc(-c3cc4c(oc5ccccc54)c4c3OC3C=CC=CC43)ccc2-c2ccc(-n3c(-c4ccccc4)nc4ccccc43)cc21. The van der Waals surface area contributed by atoms with Crippen LogP contribution in [0.4, 0.5) is 0 Å². The van der Waals surface area contributed by atoms with Gasteiger partial charge in [-0.25, -0.2) is 4.98 Å². The molecule has 0 saturated heterocycles. The van der Waals surface area contributed by atoms with Gasteiger partial charge in [-0.1, -0.05) is 111 Å². The summed E-state index contributed by atoms with van der Waals surface area (Å²) in [6, 6.07) is 43.4. The normalized spacial score (nSPS) is 18.0. The largest absolute Gasteiger partial charge is 0.484 e. The number of rotatable bonds is 3. The van der Waals surface area contributed by atoms with E-state index < -0.39 is 0 Å². The van der Waals surface area contributed by atoms with Crippen molar-refractivity contribution in [1.29, 1.82) is 0 Å². The Morgan fingerprint density at radius 1 is 0.660 bits per heavy atom. The molecular weight excluding hydrogens is 613 g/mol. The van der Waals surface area contributed by atoms with Gasteiger partial charge in [0, 0.05) is 38.6 Å². The predicted molar refractivity (Wildman–Crippen MR) is 202 cm³/mol. The zero-order chi connectivity index (χ0) is 33.1. The van der Waals surface area contributed by atoms with Gasteiger partial charge < -0.3 is 9.15 Å². The van der Waals surface area contributed by atoms with E-state index in [0.29, 0.717) is 0 Å². The van der Waals surface area contributed by atoms with E-state index in [1.54, 1.807) is 0 Å². The second-order valence-corrected chi connectivity index (χ2v) is 14.3. The molecule has 0 spiro atoms. The molecule has 3 heterocycles. The quantitative estimate of drug-likeness (QED) is 0.192. The molecule has 0 amide bonds. The standard InChI is InChI=1S/C46H32N2O2/c1-46(2)36-24-28(34-26-35-32-14-6-10-18-40(32)49-44(35)42-33-15-7-11-19-41(33)50-43(34)42)20-22-30(36)31-23-21-29(25-37(31)46)48-39-17-9-8-16-38(39)47-45(48)27-12-4-3-5-13-27/h3-26,33,41H,1-2H3. The Kier molecular flexibility index (Phi) is 5.53. The summed E-state index contributed by atoms with van der Waals surface area (Å²) in [6.07, 6.45) is 8.58. The van der Waals surface area contributed by atoms with E-state index in [1.807, 2.05) is 6.07 Å². The fourth-order valence-corrected chi connectivity index (χ4v) is 8.71. The molecule has 0 N–H and O–H groups in total. The van der Waals surface area contributed by atoms with Crippen LogP contribution >= 0.6 is 0 Å². The highest BCUT2D eigenvalue weighted by Gasteiger charge is 2.39. The van der Waals surface area contributed by atoms with Crippen molar-refractivity contribution in [2.75, 3.05) is 0 Å². The van der Waals surface area contributed by atoms with Crippen molar-refractivity contribution < 1.29 is 9.15 Å². The maximum atomic E-state index is 6.77. The fourth-order valence-electron chi connectivity index (χ4n) is 8.71. The summed E-state index contributed by atoms with van der Waals surface area (Å²) in [5.74, 6) is 1.99. The van der Waals surface area contributed by atoms with Crippen LogP contribution in [-0.2, 0) is 5.41 Å². The number of hydrogen-bond acceptors (Lipinski definition) is 3. The molecule has 2 atom stereocenters. The lowest BCUT2D eigenvalue weighted by atomic mass is 9.81. The Balaban J connectivity index is 1.08. The first-order chi connectivity index (χ1) is 24.5. The number of ether oxygens (including phenoxy) is 1. The lowest BCUT2D eigenvalue weighted by molar-refractivity contribution is 0.270. The van der Waals surface area contributed by atoms with Gasteiger partial charge in [0.1, 0.15) is 28.8 Å². The first kappa shape index (κ1) is 27.8. The minimum Gasteiger partial charge on any atom is -0.484 e. The zero-order valence-electron chi connectivity index (χ0n) is 27.7. The second-order valence-electron chi connectivity index (χ2n) is 14.3. The van der Waals surface area contributed by atoms with Crippen molar-refractivity contribution >= 4 is 33.0 Å². The number of aromatic nitrogens is 2. The third-order valence-corrected chi connectivity index (χ3v) is 11.1. The predicted octanol–water partition coefficient (Wildman–Crippen LogP) is 11.5. The molecule has 0 saturated carbocycles. The summed E-state index contributed by atoms with van der Waals surface area (Å²) in [5.41, 5.74) is 14.5. The molecule has 0 fully saturated rings. The van der Waals surface area contributed by atoms with Gasteiger partial charge in [-0.15, -0.1) is 0 Å². The van der Waals surface area contributed by atoms with E-state index in [2.05, 4.69) is 158 Å².